The van der Waals surface area contributed by atoms with E-state index < -0.39 is 23.9 Å². The van der Waals surface area contributed by atoms with Gasteiger partial charge in [-0.3, -0.25) is 0 Å². The zero-order valence-corrected chi connectivity index (χ0v) is 18.6. The topological polar surface area (TPSA) is 79.7 Å². The van der Waals surface area contributed by atoms with Crippen molar-refractivity contribution in [3.05, 3.63) is 47.0 Å². The number of fused-ring (bicyclic) bond motifs is 3. The van der Waals surface area contributed by atoms with Crippen LogP contribution in [0.25, 0.3) is 10.9 Å². The Bertz CT molecular complexity index is 1190. The maximum absolute atomic E-state index is 14.6. The van der Waals surface area contributed by atoms with Crippen LogP contribution in [-0.2, 0) is 12.3 Å². The van der Waals surface area contributed by atoms with Gasteiger partial charge in [-0.1, -0.05) is 12.1 Å². The minimum absolute atomic E-state index is 0.114. The number of hydrogen-bond donors (Lipinski definition) is 2. The number of aliphatic hydroxyl groups excluding tert-OH is 1. The Balaban J connectivity index is 1.65. The summed E-state index contributed by atoms with van der Waals surface area (Å²) in [5.74, 6) is -2.42. The number of nitrogens with zero attached hydrogens (tertiary/aromatic N) is 3. The Kier molecular flexibility index (Phi) is 6.20. The molecule has 33 heavy (non-hydrogen) atoms. The van der Waals surface area contributed by atoms with Crippen LogP contribution < -0.4 is 19.7 Å². The summed E-state index contributed by atoms with van der Waals surface area (Å²) < 4.78 is 53.8. The van der Waals surface area contributed by atoms with E-state index >= 15 is 0 Å². The quantitative estimate of drug-likeness (QED) is 0.555. The molecule has 10 heteroatoms. The van der Waals surface area contributed by atoms with Crippen LogP contribution in [0, 0.1) is 12.7 Å². The standard InChI is InChI=1S/C23H25F3N4O3/c1-13-28-19-15(11-17(32-3)20-21(19)33-10-9-30(20)2)22(29-13)27-8-7-14-5-4-6-16(18(14)24)23(25,26)12-31/h4-6,11,31H,7-10,12H2,1-3H3,(H,27,28,29). The zero-order chi connectivity index (χ0) is 23.8. The molecule has 0 saturated carbocycles. The lowest BCUT2D eigenvalue weighted by atomic mass is 10.0. The Morgan fingerprint density at radius 2 is 2.09 bits per heavy atom. The third-order valence-electron chi connectivity index (χ3n) is 5.63. The van der Waals surface area contributed by atoms with Crippen molar-refractivity contribution >= 4 is 22.4 Å². The van der Waals surface area contributed by atoms with Gasteiger partial charge in [-0.2, -0.15) is 8.78 Å². The molecule has 2 N–H and O–H groups in total. The monoisotopic (exact) mass is 462 g/mol. The number of alkyl halides is 2. The van der Waals surface area contributed by atoms with Gasteiger partial charge in [0.1, 0.15) is 47.6 Å². The third kappa shape index (κ3) is 4.22. The van der Waals surface area contributed by atoms with Gasteiger partial charge in [-0.05, 0) is 31.0 Å². The van der Waals surface area contributed by atoms with E-state index in [1.54, 1.807) is 14.0 Å². The molecular weight excluding hydrogens is 437 g/mol. The number of aliphatic hydroxyl groups is 1. The Labute approximate surface area is 189 Å². The van der Waals surface area contributed by atoms with Crippen molar-refractivity contribution in [2.24, 2.45) is 0 Å². The smallest absolute Gasteiger partial charge is 0.298 e. The number of benzene rings is 2. The molecular formula is C23H25F3N4O3. The van der Waals surface area contributed by atoms with E-state index in [9.17, 15) is 13.2 Å². The molecule has 0 aliphatic carbocycles. The Morgan fingerprint density at radius 3 is 2.82 bits per heavy atom. The zero-order valence-electron chi connectivity index (χ0n) is 18.6. The molecule has 2 aromatic carbocycles. The van der Waals surface area contributed by atoms with Crippen LogP contribution in [0.4, 0.5) is 24.7 Å². The summed E-state index contributed by atoms with van der Waals surface area (Å²) in [4.78, 5) is 11.1. The van der Waals surface area contributed by atoms with E-state index in [-0.39, 0.29) is 18.5 Å². The molecule has 4 rings (SSSR count). The van der Waals surface area contributed by atoms with E-state index in [1.165, 1.54) is 12.1 Å². The number of likely N-dealkylation sites (N-methyl/N-ethyl adjacent to an activating group) is 1. The lowest BCUT2D eigenvalue weighted by Gasteiger charge is -2.30. The average Bonchev–Trinajstić information content (AvgIpc) is 2.79. The molecule has 176 valence electrons. The number of anilines is 2. The molecule has 0 bridgehead atoms. The van der Waals surface area contributed by atoms with E-state index in [1.807, 2.05) is 18.0 Å². The molecule has 0 radical (unpaired) electrons. The van der Waals surface area contributed by atoms with Crippen molar-refractivity contribution in [2.45, 2.75) is 19.3 Å². The number of methoxy groups -OCH3 is 1. The molecule has 0 atom stereocenters. The Hall–Kier alpha value is -3.27. The van der Waals surface area contributed by atoms with Crippen LogP contribution in [0.5, 0.6) is 11.5 Å². The fourth-order valence-corrected chi connectivity index (χ4v) is 3.96. The highest BCUT2D eigenvalue weighted by molar-refractivity contribution is 6.00. The summed E-state index contributed by atoms with van der Waals surface area (Å²) in [5.41, 5.74) is 0.735. The lowest BCUT2D eigenvalue weighted by molar-refractivity contribution is -0.0583. The maximum Gasteiger partial charge on any atom is 0.298 e. The summed E-state index contributed by atoms with van der Waals surface area (Å²) in [6.07, 6.45) is 0.132. The second-order valence-corrected chi connectivity index (χ2v) is 7.86. The molecule has 0 spiro atoms. The van der Waals surface area contributed by atoms with Gasteiger partial charge in [0.15, 0.2) is 5.75 Å². The van der Waals surface area contributed by atoms with Crippen LogP contribution in [0.15, 0.2) is 24.3 Å². The molecule has 3 aromatic rings. The second-order valence-electron chi connectivity index (χ2n) is 7.86. The minimum Gasteiger partial charge on any atom is -0.494 e. The van der Waals surface area contributed by atoms with Gasteiger partial charge in [0.2, 0.25) is 0 Å². The van der Waals surface area contributed by atoms with Gasteiger partial charge >= 0.3 is 0 Å². The van der Waals surface area contributed by atoms with Gasteiger partial charge in [-0.15, -0.1) is 0 Å². The number of aromatic nitrogens is 2. The predicted octanol–water partition coefficient (Wildman–Crippen LogP) is 3.65. The highest BCUT2D eigenvalue weighted by atomic mass is 19.3. The van der Waals surface area contributed by atoms with Gasteiger partial charge in [0.05, 0.1) is 24.6 Å². The number of halogens is 3. The highest BCUT2D eigenvalue weighted by Gasteiger charge is 2.34. The fourth-order valence-electron chi connectivity index (χ4n) is 3.96. The number of ether oxygens (including phenoxy) is 2. The SMILES string of the molecule is COc1cc2c(NCCc3cccc(C(F)(F)CO)c3F)nc(C)nc2c2c1N(C)CCO2. The molecule has 7 nitrogen and oxygen atoms in total. The molecule has 0 fully saturated rings. The first-order valence-corrected chi connectivity index (χ1v) is 10.5. The summed E-state index contributed by atoms with van der Waals surface area (Å²) in [7, 11) is 3.52. The average molecular weight is 462 g/mol. The summed E-state index contributed by atoms with van der Waals surface area (Å²) in [6, 6.07) is 5.60. The molecule has 0 amide bonds. The van der Waals surface area contributed by atoms with Crippen LogP contribution in [0.2, 0.25) is 0 Å². The van der Waals surface area contributed by atoms with Gasteiger partial charge in [0.25, 0.3) is 5.92 Å². The van der Waals surface area contributed by atoms with Crippen LogP contribution in [0.3, 0.4) is 0 Å². The minimum atomic E-state index is -3.64. The van der Waals surface area contributed by atoms with E-state index in [0.717, 1.165) is 11.8 Å². The molecule has 1 aromatic heterocycles. The van der Waals surface area contributed by atoms with Gasteiger partial charge in [-0.25, -0.2) is 14.4 Å². The van der Waals surface area contributed by atoms with Crippen LogP contribution in [-0.4, -0.2) is 55.5 Å². The Morgan fingerprint density at radius 1 is 1.30 bits per heavy atom. The summed E-state index contributed by atoms with van der Waals surface area (Å²) in [6.45, 7) is 1.75. The van der Waals surface area contributed by atoms with Gasteiger partial charge in [0, 0.05) is 13.6 Å². The summed E-state index contributed by atoms with van der Waals surface area (Å²) in [5, 5.41) is 12.7. The van der Waals surface area contributed by atoms with Crippen LogP contribution >= 0.6 is 0 Å². The molecule has 0 saturated heterocycles. The van der Waals surface area contributed by atoms with Gasteiger partial charge < -0.3 is 24.8 Å². The first-order chi connectivity index (χ1) is 15.8. The number of rotatable bonds is 7. The number of aryl methyl sites for hydroxylation is 1. The molecule has 1 aliphatic heterocycles. The predicted molar refractivity (Wildman–Crippen MR) is 119 cm³/mol. The molecule has 2 heterocycles. The van der Waals surface area contributed by atoms with Crippen molar-refractivity contribution in [3.63, 3.8) is 0 Å². The molecule has 0 unspecified atom stereocenters. The van der Waals surface area contributed by atoms with Crippen molar-refractivity contribution in [2.75, 3.05) is 50.7 Å². The van der Waals surface area contributed by atoms with Crippen molar-refractivity contribution in [1.29, 1.82) is 0 Å². The second kappa shape index (κ2) is 8.93. The number of nitrogens with one attached hydrogen (secondary N) is 1. The van der Waals surface area contributed by atoms with E-state index in [0.29, 0.717) is 47.2 Å². The van der Waals surface area contributed by atoms with E-state index in [4.69, 9.17) is 14.6 Å². The maximum atomic E-state index is 14.6. The van der Waals surface area contributed by atoms with Crippen molar-refractivity contribution < 1.29 is 27.8 Å². The first kappa shape index (κ1) is 22.9. The van der Waals surface area contributed by atoms with Crippen molar-refractivity contribution in [3.8, 4) is 11.5 Å². The first-order valence-electron chi connectivity index (χ1n) is 10.5. The highest BCUT2D eigenvalue weighted by Crippen LogP contribution is 2.45. The summed E-state index contributed by atoms with van der Waals surface area (Å²) >= 11 is 0. The van der Waals surface area contributed by atoms with Crippen LogP contribution in [0.1, 0.15) is 17.0 Å². The molecule has 1 aliphatic rings. The third-order valence-corrected chi connectivity index (χ3v) is 5.63. The largest absolute Gasteiger partial charge is 0.494 e. The normalized spacial score (nSPS) is 13.6. The number of hydrogen-bond acceptors (Lipinski definition) is 7. The van der Waals surface area contributed by atoms with Crippen molar-refractivity contribution in [1.82, 2.24) is 9.97 Å². The van der Waals surface area contributed by atoms with E-state index in [2.05, 4.69) is 15.3 Å². The lowest BCUT2D eigenvalue weighted by Crippen LogP contribution is -2.29. The fraction of sp³-hybridized carbons (Fsp3) is 0.391.